The predicted molar refractivity (Wildman–Crippen MR) is 52.3 cm³/mol. The molecule has 0 bridgehead atoms. The SMILES string of the molecule is O.O=S(=O)(O)O.[CaH2].[CaH2].[Cl][Mg][Cl]. The van der Waals surface area contributed by atoms with Crippen LogP contribution >= 0.6 is 18.1 Å². The topological polar surface area (TPSA) is 106 Å². The van der Waals surface area contributed by atoms with Gasteiger partial charge >= 0.3 is 104 Å². The van der Waals surface area contributed by atoms with Crippen molar-refractivity contribution in [3.05, 3.63) is 0 Å². The number of hydrogen-bond acceptors (Lipinski definition) is 2. The first-order valence-electron chi connectivity index (χ1n) is 1.23. The van der Waals surface area contributed by atoms with E-state index < -0.39 is 28.6 Å². The van der Waals surface area contributed by atoms with Gasteiger partial charge in [0.1, 0.15) is 0 Å². The van der Waals surface area contributed by atoms with Gasteiger partial charge in [0.2, 0.25) is 0 Å². The van der Waals surface area contributed by atoms with Crippen molar-refractivity contribution in [2.45, 2.75) is 0 Å². The summed E-state index contributed by atoms with van der Waals surface area (Å²) in [6, 6.07) is 0. The van der Waals surface area contributed by atoms with Crippen LogP contribution in [-0.2, 0) is 10.4 Å². The van der Waals surface area contributed by atoms with Crippen molar-refractivity contribution in [2.24, 2.45) is 0 Å². The van der Waals surface area contributed by atoms with Gasteiger partial charge in [-0.15, -0.1) is 0 Å². The van der Waals surface area contributed by atoms with E-state index in [0.29, 0.717) is 0 Å². The van der Waals surface area contributed by atoms with Crippen LogP contribution in [0.5, 0.6) is 0 Å². The molecule has 0 aromatic heterocycles. The third kappa shape index (κ3) is 137. The summed E-state index contributed by atoms with van der Waals surface area (Å²) in [7, 11) is 5.14. The molecule has 64 valence electrons. The Labute approximate surface area is 142 Å². The fourth-order valence-electron chi connectivity index (χ4n) is 0. The third-order valence-corrected chi connectivity index (χ3v) is 0. The predicted octanol–water partition coefficient (Wildman–Crippen LogP) is -2.31. The Morgan fingerprint density at radius 1 is 1.09 bits per heavy atom. The zero-order valence-corrected chi connectivity index (χ0v) is 7.82. The van der Waals surface area contributed by atoms with Crippen LogP contribution in [-0.4, -0.2) is 117 Å². The summed E-state index contributed by atoms with van der Waals surface area (Å²) in [4.78, 5) is 0. The zero-order valence-electron chi connectivity index (χ0n) is 4.08. The van der Waals surface area contributed by atoms with Gasteiger partial charge in [-0.1, -0.05) is 0 Å². The molecule has 0 saturated heterocycles. The van der Waals surface area contributed by atoms with Gasteiger partial charge in [-0.25, -0.2) is 0 Å². The molecule has 0 spiro atoms. The standard InChI is InChI=1S/2Ca.2ClH.Mg.H2O4S.H2O.4H/c;;;;;1-5(2,3)4;;;;;/h;;2*1H;;(H2,1,2,3,4);1H2;;;;/q;;;;+2;;;;;;/p-2. The Bertz CT molecular complexity index is 116. The fourth-order valence-corrected chi connectivity index (χ4v) is 0. The summed E-state index contributed by atoms with van der Waals surface area (Å²) in [5.41, 5.74) is 0. The minimum atomic E-state index is -4.67. The quantitative estimate of drug-likeness (QED) is 0.387. The van der Waals surface area contributed by atoms with Crippen molar-refractivity contribution in [3.8, 4) is 0 Å². The molecule has 0 heterocycles. The molecule has 0 aliphatic carbocycles. The van der Waals surface area contributed by atoms with E-state index in [-0.39, 0.29) is 81.0 Å². The molecule has 11 heavy (non-hydrogen) atoms. The first kappa shape index (κ1) is 29.3. The van der Waals surface area contributed by atoms with Gasteiger partial charge in [0, 0.05) is 0 Å². The molecule has 0 saturated carbocycles. The second-order valence-electron chi connectivity index (χ2n) is 0.549. The molecule has 5 nitrogen and oxygen atoms in total. The van der Waals surface area contributed by atoms with Gasteiger partial charge in [-0.3, -0.25) is 9.11 Å². The maximum Gasteiger partial charge on any atom is 0.618 e. The molecule has 4 N–H and O–H groups in total. The van der Waals surface area contributed by atoms with Crippen LogP contribution in [0.2, 0.25) is 0 Å². The molecule has 11 heteroatoms. The molecule has 0 aromatic carbocycles. The van der Waals surface area contributed by atoms with Gasteiger partial charge in [0.05, 0.1) is 0 Å². The van der Waals surface area contributed by atoms with E-state index in [1.807, 2.05) is 0 Å². The average Bonchev–Trinajstić information content (AvgIpc) is 1.27. The van der Waals surface area contributed by atoms with Crippen LogP contribution in [0.3, 0.4) is 0 Å². The summed E-state index contributed by atoms with van der Waals surface area (Å²) in [6.45, 7) is 0. The van der Waals surface area contributed by atoms with Gasteiger partial charge in [0.25, 0.3) is 0 Å². The Kier molecular flexibility index (Phi) is 51.4. The van der Waals surface area contributed by atoms with Gasteiger partial charge in [-0.05, 0) is 0 Å². The maximum atomic E-state index is 8.74. The van der Waals surface area contributed by atoms with Crippen molar-refractivity contribution >= 4 is 122 Å². The molecule has 0 aliphatic rings. The summed E-state index contributed by atoms with van der Waals surface area (Å²) in [5.74, 6) is 0. The molecule has 0 fully saturated rings. The normalized spacial score (nSPS) is 6.18. The van der Waals surface area contributed by atoms with E-state index in [2.05, 4.69) is 0 Å². The molecule has 0 aromatic rings. The van der Waals surface area contributed by atoms with E-state index in [1.165, 1.54) is 0 Å². The second-order valence-corrected chi connectivity index (χ2v) is 4.07. The molecule has 0 unspecified atom stereocenters. The summed E-state index contributed by atoms with van der Waals surface area (Å²) < 4.78 is 31.6. The Morgan fingerprint density at radius 2 is 1.09 bits per heavy atom. The molecule has 0 rings (SSSR count). The van der Waals surface area contributed by atoms with Crippen molar-refractivity contribution in [3.63, 3.8) is 0 Å². The maximum absolute atomic E-state index is 8.74. The van der Waals surface area contributed by atoms with Crippen LogP contribution in [0.25, 0.3) is 0 Å². The van der Waals surface area contributed by atoms with Crippen LogP contribution in [0.4, 0.5) is 0 Å². The second kappa shape index (κ2) is 19.3. The first-order valence-corrected chi connectivity index (χ1v) is 6.91. The largest absolute Gasteiger partial charge is 0.618 e. The van der Waals surface area contributed by atoms with Crippen LogP contribution in [0, 0.1) is 0 Å². The van der Waals surface area contributed by atoms with Crippen molar-refractivity contribution < 1.29 is 23.0 Å². The smallest absolute Gasteiger partial charge is 0.309 e. The zero-order chi connectivity index (χ0) is 7.21. The van der Waals surface area contributed by atoms with Crippen LogP contribution < -0.4 is 0 Å². The van der Waals surface area contributed by atoms with Gasteiger partial charge in [0.15, 0.2) is 0 Å². The van der Waals surface area contributed by atoms with Crippen LogP contribution in [0.1, 0.15) is 0 Å². The molecule has 0 radical (unpaired) electrons. The molecule has 0 amide bonds. The number of hydrogen-bond donors (Lipinski definition) is 2. The van der Waals surface area contributed by atoms with Crippen molar-refractivity contribution in [2.75, 3.05) is 0 Å². The van der Waals surface area contributed by atoms with Gasteiger partial charge < -0.3 is 23.6 Å². The van der Waals surface area contributed by atoms with Gasteiger partial charge in [-0.2, -0.15) is 8.42 Å². The monoisotopic (exact) mass is 294 g/mol. The Balaban J connectivity index is -0.0000000183. The molecular formula is H8Ca2Cl2MgO5S. The molecule has 0 aliphatic heterocycles. The molecule has 0 atom stereocenters. The number of halogens is 2. The van der Waals surface area contributed by atoms with E-state index >= 15 is 0 Å². The summed E-state index contributed by atoms with van der Waals surface area (Å²) in [5, 5.41) is 0. The van der Waals surface area contributed by atoms with E-state index in [4.69, 9.17) is 35.7 Å². The van der Waals surface area contributed by atoms with Crippen LogP contribution in [0.15, 0.2) is 0 Å². The third-order valence-electron chi connectivity index (χ3n) is 0. The van der Waals surface area contributed by atoms with E-state index in [1.54, 1.807) is 0 Å². The Hall–Kier alpha value is 3.70. The Morgan fingerprint density at radius 3 is 1.09 bits per heavy atom. The summed E-state index contributed by atoms with van der Waals surface area (Å²) >= 11 is -0.639. The minimum Gasteiger partial charge on any atom is -0.309 e. The van der Waals surface area contributed by atoms with E-state index in [9.17, 15) is 0 Å². The molecular weight excluding hydrogens is 287 g/mol. The average molecular weight is 295 g/mol. The van der Waals surface area contributed by atoms with Crippen molar-refractivity contribution in [1.29, 1.82) is 0 Å². The van der Waals surface area contributed by atoms with E-state index in [0.717, 1.165) is 0 Å². The first-order chi connectivity index (χ1) is 3.41. The summed E-state index contributed by atoms with van der Waals surface area (Å²) in [6.07, 6.45) is 0. The van der Waals surface area contributed by atoms with Crippen molar-refractivity contribution in [1.82, 2.24) is 0 Å². The fraction of sp³-hybridized carbons (Fsp3) is 0. The minimum absolute atomic E-state index is 0. The number of rotatable bonds is 0.